The average Bonchev–Trinajstić information content (AvgIpc) is 2.43. The lowest BCUT2D eigenvalue weighted by atomic mass is 10.3. The zero-order valence-corrected chi connectivity index (χ0v) is 12.0. The highest BCUT2D eigenvalue weighted by atomic mass is 16.6. The summed E-state index contributed by atoms with van der Waals surface area (Å²) in [7, 11) is 1.95. The standard InChI is InChI=1S/C14H22N2O4/c1-3-4-8-15(2)10-13(17)11-20-14-7-5-6-12(9-14)16(18)19/h5-7,9,13,17H,3-4,8,10-11H2,1-2H3. The van der Waals surface area contributed by atoms with Crippen LogP contribution in [-0.4, -0.2) is 47.8 Å². The fraction of sp³-hybridized carbons (Fsp3) is 0.571. The predicted octanol–water partition coefficient (Wildman–Crippen LogP) is 2.07. The Morgan fingerprint density at radius 1 is 1.50 bits per heavy atom. The van der Waals surface area contributed by atoms with Crippen molar-refractivity contribution in [2.45, 2.75) is 25.9 Å². The molecule has 1 unspecified atom stereocenters. The van der Waals surface area contributed by atoms with Gasteiger partial charge in [-0.1, -0.05) is 19.4 Å². The molecule has 1 N–H and O–H groups in total. The van der Waals surface area contributed by atoms with E-state index in [9.17, 15) is 15.2 Å². The van der Waals surface area contributed by atoms with Gasteiger partial charge in [0.2, 0.25) is 0 Å². The minimum atomic E-state index is -0.615. The maximum absolute atomic E-state index is 10.6. The van der Waals surface area contributed by atoms with Crippen molar-refractivity contribution in [2.75, 3.05) is 26.7 Å². The molecule has 0 aliphatic rings. The summed E-state index contributed by atoms with van der Waals surface area (Å²) >= 11 is 0. The molecule has 6 heteroatoms. The van der Waals surface area contributed by atoms with Crippen molar-refractivity contribution in [3.8, 4) is 5.75 Å². The average molecular weight is 282 g/mol. The van der Waals surface area contributed by atoms with E-state index in [4.69, 9.17) is 4.74 Å². The number of nitrogens with zero attached hydrogens (tertiary/aromatic N) is 2. The van der Waals surface area contributed by atoms with Gasteiger partial charge in [-0.2, -0.15) is 0 Å². The molecule has 1 atom stereocenters. The molecule has 0 aliphatic heterocycles. The van der Waals surface area contributed by atoms with Gasteiger partial charge in [0.15, 0.2) is 0 Å². The fourth-order valence-electron chi connectivity index (χ4n) is 1.81. The lowest BCUT2D eigenvalue weighted by Gasteiger charge is -2.20. The number of nitro benzene ring substituents is 1. The van der Waals surface area contributed by atoms with Crippen molar-refractivity contribution < 1.29 is 14.8 Å². The quantitative estimate of drug-likeness (QED) is 0.554. The minimum Gasteiger partial charge on any atom is -0.491 e. The molecular formula is C14H22N2O4. The molecule has 0 saturated carbocycles. The van der Waals surface area contributed by atoms with Gasteiger partial charge in [-0.15, -0.1) is 0 Å². The number of rotatable bonds is 9. The van der Waals surface area contributed by atoms with Crippen molar-refractivity contribution in [1.82, 2.24) is 4.90 Å². The Kier molecular flexibility index (Phi) is 6.97. The minimum absolute atomic E-state index is 0.0166. The van der Waals surface area contributed by atoms with E-state index in [1.807, 2.05) is 11.9 Å². The predicted molar refractivity (Wildman–Crippen MR) is 77.0 cm³/mol. The summed E-state index contributed by atoms with van der Waals surface area (Å²) in [4.78, 5) is 12.2. The maximum atomic E-state index is 10.6. The lowest BCUT2D eigenvalue weighted by molar-refractivity contribution is -0.384. The molecule has 1 aromatic rings. The molecule has 0 fully saturated rings. The number of benzene rings is 1. The van der Waals surface area contributed by atoms with E-state index in [1.54, 1.807) is 12.1 Å². The van der Waals surface area contributed by atoms with E-state index in [0.717, 1.165) is 19.4 Å². The first-order chi connectivity index (χ1) is 9.52. The number of hydrogen-bond donors (Lipinski definition) is 1. The summed E-state index contributed by atoms with van der Waals surface area (Å²) < 4.78 is 5.38. The van der Waals surface area contributed by atoms with Crippen molar-refractivity contribution in [2.24, 2.45) is 0 Å². The Labute approximate surface area is 119 Å². The summed E-state index contributed by atoms with van der Waals surface area (Å²) in [6, 6.07) is 5.96. The Balaban J connectivity index is 2.38. The molecule has 0 amide bonds. The number of nitro groups is 1. The largest absolute Gasteiger partial charge is 0.491 e. The molecule has 1 aromatic carbocycles. The third-order valence-electron chi connectivity index (χ3n) is 2.89. The molecule has 0 heterocycles. The SMILES string of the molecule is CCCCN(C)CC(O)COc1cccc([N+](=O)[O-])c1. The topological polar surface area (TPSA) is 75.8 Å². The summed E-state index contributed by atoms with van der Waals surface area (Å²) in [5, 5.41) is 20.5. The second-order valence-electron chi connectivity index (χ2n) is 4.84. The van der Waals surface area contributed by atoms with Gasteiger partial charge in [-0.3, -0.25) is 10.1 Å². The van der Waals surface area contributed by atoms with Crippen LogP contribution in [0.25, 0.3) is 0 Å². The number of unbranched alkanes of at least 4 members (excludes halogenated alkanes) is 1. The van der Waals surface area contributed by atoms with E-state index in [1.165, 1.54) is 12.1 Å². The fourth-order valence-corrected chi connectivity index (χ4v) is 1.81. The third kappa shape index (κ3) is 5.99. The first kappa shape index (κ1) is 16.4. The summed E-state index contributed by atoms with van der Waals surface area (Å²) in [5.74, 6) is 0.398. The van der Waals surface area contributed by atoms with Crippen LogP contribution in [0.1, 0.15) is 19.8 Å². The molecule has 112 valence electrons. The highest BCUT2D eigenvalue weighted by Crippen LogP contribution is 2.19. The van der Waals surface area contributed by atoms with Gasteiger partial charge in [0.1, 0.15) is 18.5 Å². The molecule has 0 aromatic heterocycles. The van der Waals surface area contributed by atoms with Crippen molar-refractivity contribution >= 4 is 5.69 Å². The van der Waals surface area contributed by atoms with E-state index in [2.05, 4.69) is 6.92 Å². The number of hydrogen-bond acceptors (Lipinski definition) is 5. The number of likely N-dealkylation sites (N-methyl/N-ethyl adjacent to an activating group) is 1. The van der Waals surface area contributed by atoms with Crippen LogP contribution in [0.2, 0.25) is 0 Å². The van der Waals surface area contributed by atoms with Crippen LogP contribution in [-0.2, 0) is 0 Å². The zero-order valence-electron chi connectivity index (χ0n) is 12.0. The first-order valence-corrected chi connectivity index (χ1v) is 6.76. The number of ether oxygens (including phenoxy) is 1. The summed E-state index contributed by atoms with van der Waals surface area (Å²) in [5.41, 5.74) is -0.0166. The van der Waals surface area contributed by atoms with Crippen LogP contribution in [0.5, 0.6) is 5.75 Å². The van der Waals surface area contributed by atoms with E-state index in [0.29, 0.717) is 12.3 Å². The van der Waals surface area contributed by atoms with Gasteiger partial charge in [-0.05, 0) is 26.1 Å². The van der Waals surface area contributed by atoms with Gasteiger partial charge in [0, 0.05) is 12.6 Å². The van der Waals surface area contributed by atoms with Crippen molar-refractivity contribution in [3.63, 3.8) is 0 Å². The van der Waals surface area contributed by atoms with Crippen LogP contribution in [0.15, 0.2) is 24.3 Å². The highest BCUT2D eigenvalue weighted by Gasteiger charge is 2.11. The Morgan fingerprint density at radius 2 is 2.25 bits per heavy atom. The third-order valence-corrected chi connectivity index (χ3v) is 2.89. The lowest BCUT2D eigenvalue weighted by Crippen LogP contribution is -2.33. The van der Waals surface area contributed by atoms with Gasteiger partial charge in [0.25, 0.3) is 5.69 Å². The second kappa shape index (κ2) is 8.50. The van der Waals surface area contributed by atoms with Gasteiger partial charge >= 0.3 is 0 Å². The molecule has 20 heavy (non-hydrogen) atoms. The monoisotopic (exact) mass is 282 g/mol. The van der Waals surface area contributed by atoms with Crippen LogP contribution >= 0.6 is 0 Å². The Hall–Kier alpha value is -1.66. The van der Waals surface area contributed by atoms with Crippen LogP contribution in [0, 0.1) is 10.1 Å². The summed E-state index contributed by atoms with van der Waals surface area (Å²) in [6.07, 6.45) is 1.59. The maximum Gasteiger partial charge on any atom is 0.273 e. The van der Waals surface area contributed by atoms with Crippen molar-refractivity contribution in [3.05, 3.63) is 34.4 Å². The molecule has 0 radical (unpaired) electrons. The number of non-ortho nitro benzene ring substituents is 1. The molecular weight excluding hydrogens is 260 g/mol. The second-order valence-corrected chi connectivity index (χ2v) is 4.84. The molecule has 0 aliphatic carbocycles. The summed E-state index contributed by atoms with van der Waals surface area (Å²) in [6.45, 7) is 3.70. The van der Waals surface area contributed by atoms with Crippen LogP contribution in [0.3, 0.4) is 0 Å². The van der Waals surface area contributed by atoms with Crippen molar-refractivity contribution in [1.29, 1.82) is 0 Å². The highest BCUT2D eigenvalue weighted by molar-refractivity contribution is 5.37. The Bertz CT molecular complexity index is 425. The van der Waals surface area contributed by atoms with Gasteiger partial charge < -0.3 is 14.7 Å². The van der Waals surface area contributed by atoms with E-state index >= 15 is 0 Å². The van der Waals surface area contributed by atoms with Crippen LogP contribution in [0.4, 0.5) is 5.69 Å². The normalized spacial score (nSPS) is 12.4. The number of aliphatic hydroxyl groups excluding tert-OH is 1. The molecule has 0 saturated heterocycles. The van der Waals surface area contributed by atoms with E-state index in [-0.39, 0.29) is 12.3 Å². The molecule has 0 bridgehead atoms. The molecule has 6 nitrogen and oxygen atoms in total. The molecule has 1 rings (SSSR count). The van der Waals surface area contributed by atoms with E-state index < -0.39 is 11.0 Å². The first-order valence-electron chi connectivity index (χ1n) is 6.76. The van der Waals surface area contributed by atoms with Gasteiger partial charge in [-0.25, -0.2) is 0 Å². The van der Waals surface area contributed by atoms with Gasteiger partial charge in [0.05, 0.1) is 11.0 Å². The Morgan fingerprint density at radius 3 is 2.90 bits per heavy atom. The number of aliphatic hydroxyl groups is 1. The zero-order chi connectivity index (χ0) is 15.0. The van der Waals surface area contributed by atoms with Crippen LogP contribution < -0.4 is 4.74 Å². The molecule has 0 spiro atoms. The smallest absolute Gasteiger partial charge is 0.273 e.